The van der Waals surface area contributed by atoms with Crippen LogP contribution in [0, 0.1) is 0 Å². The Labute approximate surface area is 114 Å². The average molecular weight is 262 g/mol. The maximum atomic E-state index is 11.5. The molecule has 0 saturated carbocycles. The molecule has 1 aromatic carbocycles. The lowest BCUT2D eigenvalue weighted by molar-refractivity contribution is -0.136. The lowest BCUT2D eigenvalue weighted by Gasteiger charge is -2.04. The number of carbonyl (C=O) groups excluding carboxylic acids is 1. The third kappa shape index (κ3) is 4.80. The van der Waals surface area contributed by atoms with Crippen LogP contribution in [0.15, 0.2) is 47.6 Å². The van der Waals surface area contributed by atoms with Crippen molar-refractivity contribution in [1.29, 1.82) is 0 Å². The van der Waals surface area contributed by atoms with Crippen LogP contribution < -0.4 is 0 Å². The van der Waals surface area contributed by atoms with E-state index >= 15 is 0 Å². The van der Waals surface area contributed by atoms with Crippen LogP contribution in [-0.2, 0) is 9.53 Å². The van der Waals surface area contributed by atoms with Gasteiger partial charge in [0.05, 0.1) is 7.11 Å². The number of methoxy groups -OCH3 is 1. The Balaban J connectivity index is 2.90. The Morgan fingerprint density at radius 2 is 2.00 bits per heavy atom. The van der Waals surface area contributed by atoms with Crippen molar-refractivity contribution in [2.24, 2.45) is 0 Å². The lowest BCUT2D eigenvalue weighted by Crippen LogP contribution is -2.05. The molecule has 96 valence electrons. The van der Waals surface area contributed by atoms with Gasteiger partial charge in [0.2, 0.25) is 0 Å². The molecule has 0 unspecified atom stereocenters. The molecular weight excluding hydrogens is 244 g/mol. The van der Waals surface area contributed by atoms with Crippen molar-refractivity contribution in [2.45, 2.75) is 13.3 Å². The van der Waals surface area contributed by atoms with Gasteiger partial charge in [0.15, 0.2) is 0 Å². The molecule has 0 heterocycles. The van der Waals surface area contributed by atoms with E-state index in [1.807, 2.05) is 49.4 Å². The number of benzene rings is 1. The van der Waals surface area contributed by atoms with E-state index in [9.17, 15) is 4.79 Å². The topological polar surface area (TPSA) is 26.3 Å². The van der Waals surface area contributed by atoms with Gasteiger partial charge in [-0.05, 0) is 30.7 Å². The van der Waals surface area contributed by atoms with E-state index in [0.29, 0.717) is 17.7 Å². The monoisotopic (exact) mass is 262 g/mol. The predicted octanol–water partition coefficient (Wildman–Crippen LogP) is 3.51. The zero-order valence-electron chi connectivity index (χ0n) is 10.7. The number of rotatable bonds is 5. The molecule has 1 rings (SSSR count). The maximum Gasteiger partial charge on any atom is 0.333 e. The Bertz CT molecular complexity index is 447. The van der Waals surface area contributed by atoms with Crippen molar-refractivity contribution in [3.05, 3.63) is 53.1 Å². The number of carbonyl (C=O) groups is 1. The molecule has 0 atom stereocenters. The van der Waals surface area contributed by atoms with Gasteiger partial charge < -0.3 is 4.74 Å². The fourth-order valence-electron chi connectivity index (χ4n) is 1.61. The van der Waals surface area contributed by atoms with Gasteiger partial charge in [0.1, 0.15) is 0 Å². The molecule has 0 aliphatic carbocycles. The van der Waals surface area contributed by atoms with Crippen LogP contribution in [0.25, 0.3) is 6.08 Å². The summed E-state index contributed by atoms with van der Waals surface area (Å²) in [6, 6.07) is 9.99. The Hall–Kier alpha value is -1.48. The molecule has 0 spiro atoms. The zero-order chi connectivity index (χ0) is 13.4. The smallest absolute Gasteiger partial charge is 0.333 e. The third-order valence-corrected chi connectivity index (χ3v) is 2.65. The Morgan fingerprint density at radius 3 is 2.56 bits per heavy atom. The Morgan fingerprint density at radius 1 is 1.33 bits per heavy atom. The summed E-state index contributed by atoms with van der Waals surface area (Å²) in [6.45, 7) is 1.97. The first-order valence-corrected chi connectivity index (χ1v) is 6.43. The van der Waals surface area contributed by atoms with Gasteiger partial charge in [0.25, 0.3) is 0 Å². The van der Waals surface area contributed by atoms with Gasteiger partial charge in [-0.3, -0.25) is 0 Å². The fourth-order valence-corrected chi connectivity index (χ4v) is 1.85. The van der Waals surface area contributed by atoms with Crippen molar-refractivity contribution in [1.82, 2.24) is 0 Å². The number of ether oxygens (including phenoxy) is 1. The molecule has 0 fully saturated rings. The normalized spacial score (nSPS) is 12.4. The van der Waals surface area contributed by atoms with Crippen LogP contribution in [0.1, 0.15) is 18.9 Å². The molecular formula is C15H18O2S. The van der Waals surface area contributed by atoms with Gasteiger partial charge in [-0.1, -0.05) is 42.0 Å². The minimum Gasteiger partial charge on any atom is -0.466 e. The van der Waals surface area contributed by atoms with Crippen LogP contribution in [-0.4, -0.2) is 18.8 Å². The van der Waals surface area contributed by atoms with Crippen molar-refractivity contribution in [3.63, 3.8) is 0 Å². The summed E-state index contributed by atoms with van der Waals surface area (Å²) in [5.41, 5.74) is 2.78. The molecule has 0 bridgehead atoms. The standard InChI is InChI=1S/C15H18O2S/c1-12(10-13-6-4-3-5-7-13)11-14(8-9-18)15(16)17-2/h3-7,10-11,18H,8-9H2,1-2H3/b12-10+,14-11+. The van der Waals surface area contributed by atoms with Crippen LogP contribution in [0.5, 0.6) is 0 Å². The van der Waals surface area contributed by atoms with Crippen LogP contribution >= 0.6 is 12.6 Å². The second kappa shape index (κ2) is 7.77. The van der Waals surface area contributed by atoms with Gasteiger partial charge >= 0.3 is 5.97 Å². The van der Waals surface area contributed by atoms with Crippen molar-refractivity contribution < 1.29 is 9.53 Å². The second-order valence-corrected chi connectivity index (χ2v) is 4.38. The highest BCUT2D eigenvalue weighted by Gasteiger charge is 2.08. The highest BCUT2D eigenvalue weighted by atomic mass is 32.1. The molecule has 0 N–H and O–H groups in total. The number of hydrogen-bond acceptors (Lipinski definition) is 3. The van der Waals surface area contributed by atoms with Gasteiger partial charge in [-0.25, -0.2) is 4.79 Å². The van der Waals surface area contributed by atoms with Crippen molar-refractivity contribution >= 4 is 24.7 Å². The highest BCUT2D eigenvalue weighted by Crippen LogP contribution is 2.12. The quantitative estimate of drug-likeness (QED) is 0.380. The summed E-state index contributed by atoms with van der Waals surface area (Å²) in [5, 5.41) is 0. The Kier molecular flexibility index (Phi) is 6.29. The number of thiol groups is 1. The van der Waals surface area contributed by atoms with E-state index in [-0.39, 0.29) is 5.97 Å². The first-order valence-electron chi connectivity index (χ1n) is 5.80. The molecule has 1 aromatic rings. The number of allylic oxidation sites excluding steroid dienone is 2. The third-order valence-electron chi connectivity index (χ3n) is 2.42. The first kappa shape index (κ1) is 14.6. The van der Waals surface area contributed by atoms with E-state index in [2.05, 4.69) is 12.6 Å². The molecule has 0 aromatic heterocycles. The van der Waals surface area contributed by atoms with E-state index in [0.717, 1.165) is 11.1 Å². The van der Waals surface area contributed by atoms with E-state index in [4.69, 9.17) is 4.74 Å². The van der Waals surface area contributed by atoms with E-state index in [1.54, 1.807) is 0 Å². The summed E-state index contributed by atoms with van der Waals surface area (Å²) in [4.78, 5) is 11.5. The average Bonchev–Trinajstić information content (AvgIpc) is 2.38. The first-order chi connectivity index (χ1) is 8.67. The molecule has 0 aliphatic heterocycles. The van der Waals surface area contributed by atoms with Gasteiger partial charge in [0, 0.05) is 5.57 Å². The number of hydrogen-bond donors (Lipinski definition) is 1. The predicted molar refractivity (Wildman–Crippen MR) is 78.7 cm³/mol. The van der Waals surface area contributed by atoms with Gasteiger partial charge in [-0.15, -0.1) is 0 Å². The fraction of sp³-hybridized carbons (Fsp3) is 0.267. The molecule has 0 radical (unpaired) electrons. The van der Waals surface area contributed by atoms with E-state index < -0.39 is 0 Å². The van der Waals surface area contributed by atoms with Crippen LogP contribution in [0.2, 0.25) is 0 Å². The molecule has 18 heavy (non-hydrogen) atoms. The number of esters is 1. The molecule has 3 heteroatoms. The van der Waals surface area contributed by atoms with Crippen molar-refractivity contribution in [3.8, 4) is 0 Å². The summed E-state index contributed by atoms with van der Waals surface area (Å²) < 4.78 is 4.75. The maximum absolute atomic E-state index is 11.5. The van der Waals surface area contributed by atoms with Gasteiger partial charge in [-0.2, -0.15) is 12.6 Å². The zero-order valence-corrected chi connectivity index (χ0v) is 11.6. The minimum atomic E-state index is -0.287. The molecule has 0 aliphatic rings. The van der Waals surface area contributed by atoms with E-state index in [1.165, 1.54) is 7.11 Å². The summed E-state index contributed by atoms with van der Waals surface area (Å²) in [5.74, 6) is 0.337. The summed E-state index contributed by atoms with van der Waals surface area (Å²) >= 11 is 4.15. The summed E-state index contributed by atoms with van der Waals surface area (Å²) in [7, 11) is 1.39. The van der Waals surface area contributed by atoms with Crippen LogP contribution in [0.3, 0.4) is 0 Å². The van der Waals surface area contributed by atoms with Crippen LogP contribution in [0.4, 0.5) is 0 Å². The minimum absolute atomic E-state index is 0.287. The SMILES string of the molecule is COC(=O)/C(=C/C(C)=C/c1ccccc1)CCS. The highest BCUT2D eigenvalue weighted by molar-refractivity contribution is 7.80. The summed E-state index contributed by atoms with van der Waals surface area (Å²) in [6.07, 6.45) is 4.49. The molecule has 0 saturated heterocycles. The molecule has 2 nitrogen and oxygen atoms in total. The largest absolute Gasteiger partial charge is 0.466 e. The second-order valence-electron chi connectivity index (χ2n) is 3.93. The molecule has 0 amide bonds. The van der Waals surface area contributed by atoms with Crippen molar-refractivity contribution in [2.75, 3.05) is 12.9 Å². The lowest BCUT2D eigenvalue weighted by atomic mass is 10.1.